The molecule has 5 nitrogen and oxygen atoms in total. The van der Waals surface area contributed by atoms with Gasteiger partial charge in [-0.1, -0.05) is 18.2 Å². The summed E-state index contributed by atoms with van der Waals surface area (Å²) >= 11 is 0. The van der Waals surface area contributed by atoms with Crippen molar-refractivity contribution >= 4 is 22.5 Å². The quantitative estimate of drug-likeness (QED) is 0.794. The zero-order valence-electron chi connectivity index (χ0n) is 9.38. The molecule has 1 atom stereocenters. The molecule has 4 N–H and O–H groups in total. The smallest absolute Gasteiger partial charge is 0.260 e. The molecule has 0 aliphatic rings. The van der Waals surface area contributed by atoms with E-state index in [0.717, 1.165) is 5.39 Å². The van der Waals surface area contributed by atoms with Gasteiger partial charge in [-0.05, 0) is 24.4 Å². The largest absolute Gasteiger partial charge is 0.385 e. The average molecular weight is 231 g/mol. The minimum Gasteiger partial charge on any atom is -0.385 e. The van der Waals surface area contributed by atoms with E-state index < -0.39 is 11.9 Å². The van der Waals surface area contributed by atoms with Crippen molar-refractivity contribution in [3.05, 3.63) is 40.7 Å². The van der Waals surface area contributed by atoms with Crippen LogP contribution in [0.1, 0.15) is 13.0 Å². The summed E-state index contributed by atoms with van der Waals surface area (Å²) in [5.74, 6) is -0.353. The lowest BCUT2D eigenvalue weighted by Crippen LogP contribution is -2.33. The van der Waals surface area contributed by atoms with Crippen LogP contribution >= 0.6 is 0 Å². The summed E-state index contributed by atoms with van der Waals surface area (Å²) in [5, 5.41) is 1.28. The second kappa shape index (κ2) is 3.93. The van der Waals surface area contributed by atoms with Gasteiger partial charge in [0.2, 0.25) is 5.91 Å². The third-order valence-corrected chi connectivity index (χ3v) is 2.79. The topological polar surface area (TPSA) is 91.1 Å². The lowest BCUT2D eigenvalue weighted by Gasteiger charge is -2.15. The molecule has 0 spiro atoms. The van der Waals surface area contributed by atoms with E-state index in [0.29, 0.717) is 5.39 Å². The molecular formula is C12H13N3O2. The molecule has 0 bridgehead atoms. The normalized spacial score (nSPS) is 12.5. The Kier molecular flexibility index (Phi) is 2.59. The van der Waals surface area contributed by atoms with Crippen molar-refractivity contribution in [2.45, 2.75) is 13.0 Å². The highest BCUT2D eigenvalue weighted by Gasteiger charge is 2.16. The summed E-state index contributed by atoms with van der Waals surface area (Å²) in [4.78, 5) is 23.3. The van der Waals surface area contributed by atoms with Crippen LogP contribution in [-0.2, 0) is 4.79 Å². The number of hydrogen-bond acceptors (Lipinski definition) is 3. The number of primary amides is 1. The SMILES string of the molecule is CC(C(N)=O)n1c(N)cc2ccccc2c1=O. The molecule has 5 heteroatoms. The predicted molar refractivity (Wildman–Crippen MR) is 66.5 cm³/mol. The summed E-state index contributed by atoms with van der Waals surface area (Å²) in [6, 6.07) is 7.98. The molecule has 1 aromatic carbocycles. The fourth-order valence-electron chi connectivity index (χ4n) is 1.82. The number of amides is 1. The maximum absolute atomic E-state index is 12.2. The van der Waals surface area contributed by atoms with Crippen molar-refractivity contribution in [2.75, 3.05) is 5.73 Å². The van der Waals surface area contributed by atoms with Crippen molar-refractivity contribution in [1.82, 2.24) is 4.57 Å². The number of benzene rings is 1. The van der Waals surface area contributed by atoms with Gasteiger partial charge in [-0.2, -0.15) is 0 Å². The molecular weight excluding hydrogens is 218 g/mol. The number of nitrogens with zero attached hydrogens (tertiary/aromatic N) is 1. The van der Waals surface area contributed by atoms with Crippen LogP contribution < -0.4 is 17.0 Å². The summed E-state index contributed by atoms with van der Waals surface area (Å²) in [6.45, 7) is 1.55. The van der Waals surface area contributed by atoms with Gasteiger partial charge >= 0.3 is 0 Å². The van der Waals surface area contributed by atoms with Gasteiger partial charge in [0, 0.05) is 5.39 Å². The van der Waals surface area contributed by atoms with Crippen LogP contribution in [0.3, 0.4) is 0 Å². The Hall–Kier alpha value is -2.30. The van der Waals surface area contributed by atoms with E-state index in [1.165, 1.54) is 4.57 Å². The number of carbonyl (C=O) groups is 1. The minimum atomic E-state index is -0.757. The van der Waals surface area contributed by atoms with Crippen molar-refractivity contribution in [1.29, 1.82) is 0 Å². The second-order valence-corrected chi connectivity index (χ2v) is 3.91. The Morgan fingerprint density at radius 2 is 2.00 bits per heavy atom. The highest BCUT2D eigenvalue weighted by Crippen LogP contribution is 2.16. The lowest BCUT2D eigenvalue weighted by atomic mass is 10.1. The highest BCUT2D eigenvalue weighted by atomic mass is 16.2. The van der Waals surface area contributed by atoms with Crippen molar-refractivity contribution < 1.29 is 4.79 Å². The van der Waals surface area contributed by atoms with Gasteiger partial charge in [-0.25, -0.2) is 0 Å². The average Bonchev–Trinajstić information content (AvgIpc) is 2.28. The Labute approximate surface area is 97.6 Å². The van der Waals surface area contributed by atoms with E-state index in [1.54, 1.807) is 31.2 Å². The molecule has 0 fully saturated rings. The zero-order valence-corrected chi connectivity index (χ0v) is 9.38. The fourth-order valence-corrected chi connectivity index (χ4v) is 1.82. The molecule has 1 amide bonds. The lowest BCUT2D eigenvalue weighted by molar-refractivity contribution is -0.120. The van der Waals surface area contributed by atoms with Crippen molar-refractivity contribution in [2.24, 2.45) is 5.73 Å². The van der Waals surface area contributed by atoms with Gasteiger partial charge < -0.3 is 11.5 Å². The maximum atomic E-state index is 12.2. The van der Waals surface area contributed by atoms with Gasteiger partial charge in [0.15, 0.2) is 0 Å². The van der Waals surface area contributed by atoms with E-state index >= 15 is 0 Å². The Morgan fingerprint density at radius 3 is 2.65 bits per heavy atom. The van der Waals surface area contributed by atoms with Crippen molar-refractivity contribution in [3.63, 3.8) is 0 Å². The highest BCUT2D eigenvalue weighted by molar-refractivity contribution is 5.85. The summed E-state index contributed by atoms with van der Waals surface area (Å²) in [5.41, 5.74) is 10.7. The molecule has 0 radical (unpaired) electrons. The molecule has 0 saturated carbocycles. The number of hydrogen-bond donors (Lipinski definition) is 2. The first-order valence-corrected chi connectivity index (χ1v) is 5.21. The van der Waals surface area contributed by atoms with E-state index in [9.17, 15) is 9.59 Å². The number of nitrogen functional groups attached to an aromatic ring is 1. The number of aromatic nitrogens is 1. The molecule has 1 unspecified atom stereocenters. The van der Waals surface area contributed by atoms with Crippen LogP contribution in [0, 0.1) is 0 Å². The molecule has 0 aliphatic heterocycles. The molecule has 2 rings (SSSR count). The monoisotopic (exact) mass is 231 g/mol. The molecule has 0 saturated heterocycles. The molecule has 88 valence electrons. The number of nitrogens with two attached hydrogens (primary N) is 2. The van der Waals surface area contributed by atoms with Crippen LogP contribution in [0.4, 0.5) is 5.82 Å². The summed E-state index contributed by atoms with van der Waals surface area (Å²) < 4.78 is 1.21. The van der Waals surface area contributed by atoms with E-state index in [2.05, 4.69) is 0 Å². The summed E-state index contributed by atoms with van der Waals surface area (Å²) in [7, 11) is 0. The van der Waals surface area contributed by atoms with E-state index in [1.807, 2.05) is 6.07 Å². The Morgan fingerprint density at radius 1 is 1.35 bits per heavy atom. The van der Waals surface area contributed by atoms with Crippen LogP contribution in [0.15, 0.2) is 35.1 Å². The number of rotatable bonds is 2. The number of anilines is 1. The molecule has 1 aromatic heterocycles. The van der Waals surface area contributed by atoms with Crippen LogP contribution in [0.2, 0.25) is 0 Å². The van der Waals surface area contributed by atoms with E-state index in [-0.39, 0.29) is 11.4 Å². The first-order chi connectivity index (χ1) is 8.02. The van der Waals surface area contributed by atoms with Gasteiger partial charge in [0.05, 0.1) is 0 Å². The standard InChI is InChI=1S/C12H13N3O2/c1-7(11(14)16)15-10(13)6-8-4-2-3-5-9(8)12(15)17/h2-7H,13H2,1H3,(H2,14,16). The van der Waals surface area contributed by atoms with Gasteiger partial charge in [0.25, 0.3) is 5.56 Å². The predicted octanol–water partition coefficient (Wildman–Crippen LogP) is 0.630. The van der Waals surface area contributed by atoms with E-state index in [4.69, 9.17) is 11.5 Å². The first-order valence-electron chi connectivity index (χ1n) is 5.21. The number of fused-ring (bicyclic) bond motifs is 1. The molecule has 17 heavy (non-hydrogen) atoms. The number of pyridine rings is 1. The molecule has 0 aliphatic carbocycles. The van der Waals surface area contributed by atoms with Crippen LogP contribution in [-0.4, -0.2) is 10.5 Å². The summed E-state index contributed by atoms with van der Waals surface area (Å²) in [6.07, 6.45) is 0. The van der Waals surface area contributed by atoms with Gasteiger partial charge in [0.1, 0.15) is 11.9 Å². The van der Waals surface area contributed by atoms with Gasteiger partial charge in [-0.3, -0.25) is 14.2 Å². The second-order valence-electron chi connectivity index (χ2n) is 3.91. The van der Waals surface area contributed by atoms with Crippen LogP contribution in [0.25, 0.3) is 10.8 Å². The molecule has 2 aromatic rings. The third kappa shape index (κ3) is 1.75. The fraction of sp³-hybridized carbons (Fsp3) is 0.167. The zero-order chi connectivity index (χ0) is 12.6. The Bertz CT molecular complexity index is 646. The minimum absolute atomic E-state index is 0.236. The van der Waals surface area contributed by atoms with Crippen LogP contribution in [0.5, 0.6) is 0 Å². The third-order valence-electron chi connectivity index (χ3n) is 2.79. The molecule has 1 heterocycles. The van der Waals surface area contributed by atoms with Gasteiger partial charge in [-0.15, -0.1) is 0 Å². The first kappa shape index (κ1) is 11.2. The maximum Gasteiger partial charge on any atom is 0.260 e. The van der Waals surface area contributed by atoms with Crippen molar-refractivity contribution in [3.8, 4) is 0 Å². The Balaban J connectivity index is 2.81. The number of carbonyl (C=O) groups excluding carboxylic acids is 1.